The van der Waals surface area contributed by atoms with Gasteiger partial charge in [-0.15, -0.1) is 0 Å². The van der Waals surface area contributed by atoms with Gasteiger partial charge in [0, 0.05) is 12.6 Å². The third kappa shape index (κ3) is 3.65. The molecule has 0 spiro atoms. The van der Waals surface area contributed by atoms with Crippen LogP contribution in [0.25, 0.3) is 0 Å². The van der Waals surface area contributed by atoms with Crippen molar-refractivity contribution in [3.63, 3.8) is 0 Å². The standard InChI is InChI=1S/C11H13ClN2O4S/c12-10-4-3-9(7-11(10)14(15)16)19(17,18)13-6-5-8-1-2-8/h3-4,7-8,13H,1-2,5-6H2. The second-order valence-electron chi connectivity index (χ2n) is 4.50. The summed E-state index contributed by atoms with van der Waals surface area (Å²) in [6, 6.07) is 3.45. The molecule has 0 saturated heterocycles. The Morgan fingerprint density at radius 3 is 2.68 bits per heavy atom. The minimum atomic E-state index is -3.71. The van der Waals surface area contributed by atoms with Gasteiger partial charge in [0.05, 0.1) is 9.82 Å². The van der Waals surface area contributed by atoms with E-state index in [1.54, 1.807) is 0 Å². The van der Waals surface area contributed by atoms with E-state index in [-0.39, 0.29) is 9.92 Å². The van der Waals surface area contributed by atoms with Gasteiger partial charge in [0.2, 0.25) is 10.0 Å². The van der Waals surface area contributed by atoms with Gasteiger partial charge < -0.3 is 0 Å². The largest absolute Gasteiger partial charge is 0.289 e. The van der Waals surface area contributed by atoms with E-state index in [2.05, 4.69) is 4.72 Å². The Hall–Kier alpha value is -1.18. The number of sulfonamides is 1. The highest BCUT2D eigenvalue weighted by molar-refractivity contribution is 7.89. The van der Waals surface area contributed by atoms with Crippen molar-refractivity contribution in [3.8, 4) is 0 Å². The average Bonchev–Trinajstić information content (AvgIpc) is 3.12. The summed E-state index contributed by atoms with van der Waals surface area (Å²) >= 11 is 5.64. The maximum atomic E-state index is 11.9. The fourth-order valence-corrected chi connectivity index (χ4v) is 2.94. The number of hydrogen-bond acceptors (Lipinski definition) is 4. The minimum Gasteiger partial charge on any atom is -0.258 e. The van der Waals surface area contributed by atoms with Gasteiger partial charge in [0.15, 0.2) is 0 Å². The van der Waals surface area contributed by atoms with Gasteiger partial charge in [-0.25, -0.2) is 13.1 Å². The number of nitrogens with zero attached hydrogens (tertiary/aromatic N) is 1. The van der Waals surface area contributed by atoms with Crippen LogP contribution in [0.5, 0.6) is 0 Å². The van der Waals surface area contributed by atoms with Crippen LogP contribution in [0.1, 0.15) is 19.3 Å². The fourth-order valence-electron chi connectivity index (χ4n) is 1.69. The lowest BCUT2D eigenvalue weighted by molar-refractivity contribution is -0.384. The van der Waals surface area contributed by atoms with Gasteiger partial charge in [-0.3, -0.25) is 10.1 Å². The maximum absolute atomic E-state index is 11.9. The molecular formula is C11H13ClN2O4S. The number of nitro groups is 1. The van der Waals surface area contributed by atoms with Crippen LogP contribution >= 0.6 is 11.6 Å². The second-order valence-corrected chi connectivity index (χ2v) is 6.67. The number of benzene rings is 1. The van der Waals surface area contributed by atoms with E-state index < -0.39 is 20.6 Å². The second kappa shape index (κ2) is 5.44. The van der Waals surface area contributed by atoms with Gasteiger partial charge >= 0.3 is 0 Å². The van der Waals surface area contributed by atoms with E-state index in [9.17, 15) is 18.5 Å². The summed E-state index contributed by atoms with van der Waals surface area (Å²) in [6.45, 7) is 0.351. The van der Waals surface area contributed by atoms with Gasteiger partial charge in [-0.1, -0.05) is 24.4 Å². The first-order valence-electron chi connectivity index (χ1n) is 5.84. The summed E-state index contributed by atoms with van der Waals surface area (Å²) in [6.07, 6.45) is 3.09. The highest BCUT2D eigenvalue weighted by Crippen LogP contribution is 2.32. The van der Waals surface area contributed by atoms with E-state index in [0.717, 1.165) is 25.3 Å². The number of nitro benzene ring substituents is 1. The van der Waals surface area contributed by atoms with Crippen LogP contribution in [0, 0.1) is 16.0 Å². The molecule has 8 heteroatoms. The molecule has 0 heterocycles. The molecule has 0 aromatic heterocycles. The Morgan fingerprint density at radius 2 is 2.11 bits per heavy atom. The van der Waals surface area contributed by atoms with Crippen LogP contribution in [-0.2, 0) is 10.0 Å². The van der Waals surface area contributed by atoms with E-state index in [1.807, 2.05) is 0 Å². The molecule has 1 saturated carbocycles. The molecular weight excluding hydrogens is 292 g/mol. The SMILES string of the molecule is O=[N+]([O-])c1cc(S(=O)(=O)NCCC2CC2)ccc1Cl. The predicted octanol–water partition coefficient (Wildman–Crippen LogP) is 2.33. The normalized spacial score (nSPS) is 15.4. The molecule has 1 N–H and O–H groups in total. The third-order valence-electron chi connectivity index (χ3n) is 2.97. The molecule has 1 aromatic carbocycles. The zero-order valence-corrected chi connectivity index (χ0v) is 11.6. The Balaban J connectivity index is 2.14. The Bertz CT molecular complexity index is 599. The summed E-state index contributed by atoms with van der Waals surface area (Å²) in [4.78, 5) is 9.88. The minimum absolute atomic E-state index is 0.0815. The van der Waals surface area contributed by atoms with Crippen molar-refractivity contribution in [1.82, 2.24) is 4.72 Å². The van der Waals surface area contributed by atoms with E-state index in [0.29, 0.717) is 12.5 Å². The highest BCUT2D eigenvalue weighted by Gasteiger charge is 2.23. The first-order valence-corrected chi connectivity index (χ1v) is 7.70. The molecule has 104 valence electrons. The molecule has 1 aromatic rings. The molecule has 0 unspecified atom stereocenters. The maximum Gasteiger partial charge on any atom is 0.289 e. The smallest absolute Gasteiger partial charge is 0.258 e. The van der Waals surface area contributed by atoms with Crippen LogP contribution < -0.4 is 4.72 Å². The van der Waals surface area contributed by atoms with Crippen molar-refractivity contribution >= 4 is 27.3 Å². The zero-order valence-electron chi connectivity index (χ0n) is 10.0. The van der Waals surface area contributed by atoms with Crippen molar-refractivity contribution in [2.24, 2.45) is 5.92 Å². The van der Waals surface area contributed by atoms with Gasteiger partial charge in [0.1, 0.15) is 5.02 Å². The molecule has 1 fully saturated rings. The Labute approximate surface area is 116 Å². The third-order valence-corrected chi connectivity index (χ3v) is 4.74. The number of nitrogens with one attached hydrogen (secondary N) is 1. The molecule has 2 rings (SSSR count). The summed E-state index contributed by atoms with van der Waals surface area (Å²) < 4.78 is 26.3. The highest BCUT2D eigenvalue weighted by atomic mass is 35.5. The lowest BCUT2D eigenvalue weighted by atomic mass is 10.3. The first kappa shape index (κ1) is 14.2. The van der Waals surface area contributed by atoms with Crippen LogP contribution in [-0.4, -0.2) is 19.9 Å². The number of halogens is 1. The Kier molecular flexibility index (Phi) is 4.07. The van der Waals surface area contributed by atoms with Crippen molar-refractivity contribution in [2.75, 3.05) is 6.54 Å². The molecule has 0 amide bonds. The quantitative estimate of drug-likeness (QED) is 0.645. The van der Waals surface area contributed by atoms with Crippen LogP contribution in [0.2, 0.25) is 5.02 Å². The van der Waals surface area contributed by atoms with Crippen molar-refractivity contribution in [1.29, 1.82) is 0 Å². The number of hydrogen-bond donors (Lipinski definition) is 1. The summed E-state index contributed by atoms with van der Waals surface area (Å²) in [5, 5.41) is 10.6. The summed E-state index contributed by atoms with van der Waals surface area (Å²) in [5.41, 5.74) is -0.410. The Morgan fingerprint density at radius 1 is 1.42 bits per heavy atom. The monoisotopic (exact) mass is 304 g/mol. The summed E-state index contributed by atoms with van der Waals surface area (Å²) in [7, 11) is -3.71. The topological polar surface area (TPSA) is 89.3 Å². The molecule has 0 aliphatic heterocycles. The molecule has 1 aliphatic carbocycles. The summed E-state index contributed by atoms with van der Waals surface area (Å²) in [5.74, 6) is 0.613. The van der Waals surface area contributed by atoms with E-state index in [4.69, 9.17) is 11.6 Å². The van der Waals surface area contributed by atoms with E-state index in [1.165, 1.54) is 12.1 Å². The van der Waals surface area contributed by atoms with E-state index >= 15 is 0 Å². The van der Waals surface area contributed by atoms with Crippen LogP contribution in [0.3, 0.4) is 0 Å². The lowest BCUT2D eigenvalue weighted by Gasteiger charge is -2.06. The molecule has 0 radical (unpaired) electrons. The first-order chi connectivity index (χ1) is 8.90. The van der Waals surface area contributed by atoms with Gasteiger partial charge in [0.25, 0.3) is 5.69 Å². The predicted molar refractivity (Wildman–Crippen MR) is 70.6 cm³/mol. The van der Waals surface area contributed by atoms with Crippen molar-refractivity contribution in [3.05, 3.63) is 33.3 Å². The van der Waals surface area contributed by atoms with Crippen molar-refractivity contribution in [2.45, 2.75) is 24.2 Å². The average molecular weight is 305 g/mol. The molecule has 1 aliphatic rings. The fraction of sp³-hybridized carbons (Fsp3) is 0.455. The molecule has 0 atom stereocenters. The van der Waals surface area contributed by atoms with Gasteiger partial charge in [-0.05, 0) is 24.5 Å². The molecule has 19 heavy (non-hydrogen) atoms. The molecule has 6 nitrogen and oxygen atoms in total. The van der Waals surface area contributed by atoms with Crippen LogP contribution in [0.4, 0.5) is 5.69 Å². The lowest BCUT2D eigenvalue weighted by Crippen LogP contribution is -2.25. The van der Waals surface area contributed by atoms with Gasteiger partial charge in [-0.2, -0.15) is 0 Å². The molecule has 0 bridgehead atoms. The number of rotatable bonds is 6. The van der Waals surface area contributed by atoms with Crippen molar-refractivity contribution < 1.29 is 13.3 Å². The zero-order chi connectivity index (χ0) is 14.0. The van der Waals surface area contributed by atoms with Crippen LogP contribution in [0.15, 0.2) is 23.1 Å².